The van der Waals surface area contributed by atoms with Crippen molar-refractivity contribution in [2.75, 3.05) is 5.32 Å². The Balaban J connectivity index is 1.59. The van der Waals surface area contributed by atoms with Crippen LogP contribution in [0.15, 0.2) is 60.9 Å². The van der Waals surface area contributed by atoms with Crippen LogP contribution in [0.1, 0.15) is 18.4 Å². The van der Waals surface area contributed by atoms with Crippen LogP contribution in [-0.2, 0) is 10.2 Å². The molecule has 2 aliphatic rings. The number of nitrogens with one attached hydrogen (secondary N) is 1. The predicted molar refractivity (Wildman–Crippen MR) is 102 cm³/mol. The number of nitrogens with zero attached hydrogens (tertiary/aromatic N) is 2. The van der Waals surface area contributed by atoms with Crippen molar-refractivity contribution in [3.63, 3.8) is 0 Å². The normalized spacial score (nSPS) is 16.8. The molecule has 0 saturated heterocycles. The second-order valence-corrected chi connectivity index (χ2v) is 7.23. The molecule has 4 nitrogen and oxygen atoms in total. The number of benzene rings is 2. The fourth-order valence-corrected chi connectivity index (χ4v) is 4.17. The van der Waals surface area contributed by atoms with E-state index in [-0.39, 0.29) is 11.3 Å². The number of hydrogen-bond acceptors (Lipinski definition) is 3. The van der Waals surface area contributed by atoms with E-state index in [2.05, 4.69) is 39.6 Å². The van der Waals surface area contributed by atoms with Gasteiger partial charge in [-0.3, -0.25) is 14.8 Å². The molecule has 1 spiro atoms. The van der Waals surface area contributed by atoms with Gasteiger partial charge in [0.2, 0.25) is 5.91 Å². The maximum atomic E-state index is 12.4. The van der Waals surface area contributed by atoms with Crippen LogP contribution >= 0.6 is 0 Å². The minimum Gasteiger partial charge on any atom is -0.324 e. The molecule has 1 aliphatic heterocycles. The van der Waals surface area contributed by atoms with Crippen LogP contribution in [-0.4, -0.2) is 15.9 Å². The molecule has 1 N–H and O–H groups in total. The van der Waals surface area contributed by atoms with Gasteiger partial charge >= 0.3 is 0 Å². The molecule has 1 fully saturated rings. The molecule has 2 aromatic heterocycles. The summed E-state index contributed by atoms with van der Waals surface area (Å²) < 4.78 is 0. The van der Waals surface area contributed by atoms with E-state index in [1.54, 1.807) is 6.20 Å². The van der Waals surface area contributed by atoms with E-state index in [0.29, 0.717) is 0 Å². The zero-order valence-electron chi connectivity index (χ0n) is 14.0. The number of aromatic nitrogens is 2. The molecule has 1 saturated carbocycles. The Bertz CT molecular complexity index is 1240. The van der Waals surface area contributed by atoms with Gasteiger partial charge in [0.1, 0.15) is 0 Å². The van der Waals surface area contributed by atoms with E-state index in [1.165, 1.54) is 0 Å². The summed E-state index contributed by atoms with van der Waals surface area (Å²) in [6, 6.07) is 16.6. The first-order valence-corrected chi connectivity index (χ1v) is 8.84. The number of hydrogen-bond donors (Lipinski definition) is 1. The molecule has 0 atom stereocenters. The van der Waals surface area contributed by atoms with Crippen LogP contribution in [0.25, 0.3) is 32.9 Å². The summed E-state index contributed by atoms with van der Waals surface area (Å²) in [5.41, 5.74) is 5.77. The fourth-order valence-electron chi connectivity index (χ4n) is 4.17. The molecule has 2 aromatic carbocycles. The maximum absolute atomic E-state index is 12.4. The number of anilines is 1. The Morgan fingerprint density at radius 1 is 0.885 bits per heavy atom. The van der Waals surface area contributed by atoms with E-state index in [0.717, 1.165) is 57.0 Å². The van der Waals surface area contributed by atoms with Crippen LogP contribution in [0, 0.1) is 0 Å². The monoisotopic (exact) mass is 337 g/mol. The Labute approximate surface area is 149 Å². The van der Waals surface area contributed by atoms with Crippen LogP contribution < -0.4 is 5.32 Å². The van der Waals surface area contributed by atoms with Gasteiger partial charge in [0.15, 0.2) is 0 Å². The largest absolute Gasteiger partial charge is 0.324 e. The Morgan fingerprint density at radius 2 is 1.73 bits per heavy atom. The van der Waals surface area contributed by atoms with Crippen LogP contribution in [0.5, 0.6) is 0 Å². The maximum Gasteiger partial charge on any atom is 0.235 e. The molecular formula is C22H15N3O. The van der Waals surface area contributed by atoms with Crippen molar-refractivity contribution in [2.24, 2.45) is 0 Å². The van der Waals surface area contributed by atoms with Gasteiger partial charge in [-0.2, -0.15) is 0 Å². The second-order valence-electron chi connectivity index (χ2n) is 7.23. The van der Waals surface area contributed by atoms with Crippen molar-refractivity contribution in [1.29, 1.82) is 0 Å². The van der Waals surface area contributed by atoms with Gasteiger partial charge in [-0.25, -0.2) is 0 Å². The summed E-state index contributed by atoms with van der Waals surface area (Å²) in [7, 11) is 0. The van der Waals surface area contributed by atoms with Crippen molar-refractivity contribution in [3.05, 3.63) is 66.5 Å². The van der Waals surface area contributed by atoms with Crippen molar-refractivity contribution < 1.29 is 4.79 Å². The lowest BCUT2D eigenvalue weighted by atomic mass is 9.92. The molecule has 124 valence electrons. The van der Waals surface area contributed by atoms with Gasteiger partial charge in [0.05, 0.1) is 28.3 Å². The van der Waals surface area contributed by atoms with E-state index in [1.807, 2.05) is 30.5 Å². The fraction of sp³-hybridized carbons (Fsp3) is 0.136. The number of rotatable bonds is 1. The van der Waals surface area contributed by atoms with Gasteiger partial charge in [-0.1, -0.05) is 24.3 Å². The molecular weight excluding hydrogens is 322 g/mol. The average molecular weight is 337 g/mol. The quantitative estimate of drug-likeness (QED) is 0.559. The summed E-state index contributed by atoms with van der Waals surface area (Å²) >= 11 is 0. The van der Waals surface area contributed by atoms with Crippen LogP contribution in [0.4, 0.5) is 5.69 Å². The molecule has 0 bridgehead atoms. The smallest absolute Gasteiger partial charge is 0.235 e. The highest BCUT2D eigenvalue weighted by Gasteiger charge is 2.57. The van der Waals surface area contributed by atoms with E-state index in [9.17, 15) is 4.79 Å². The predicted octanol–water partition coefficient (Wildman–Crippen LogP) is 4.43. The molecule has 26 heavy (non-hydrogen) atoms. The lowest BCUT2D eigenvalue weighted by molar-refractivity contribution is -0.117. The third-order valence-corrected chi connectivity index (χ3v) is 5.70. The van der Waals surface area contributed by atoms with Gasteiger partial charge in [-0.05, 0) is 42.7 Å². The van der Waals surface area contributed by atoms with Crippen molar-refractivity contribution in [1.82, 2.24) is 9.97 Å². The highest BCUT2D eigenvalue weighted by molar-refractivity contribution is 6.13. The number of carbonyl (C=O) groups excluding carboxylic acids is 1. The van der Waals surface area contributed by atoms with Gasteiger partial charge in [-0.15, -0.1) is 0 Å². The second kappa shape index (κ2) is 4.67. The Kier molecular flexibility index (Phi) is 2.51. The third-order valence-electron chi connectivity index (χ3n) is 5.70. The lowest BCUT2D eigenvalue weighted by Crippen LogP contribution is -2.18. The molecule has 4 heteroatoms. The number of para-hydroxylation sites is 1. The molecule has 0 radical (unpaired) electrons. The summed E-state index contributed by atoms with van der Waals surface area (Å²) in [5, 5.41) is 5.21. The average Bonchev–Trinajstić information content (AvgIpc) is 3.43. The SMILES string of the molecule is O=C1Nc2cnc3ccc(-c4cnc5ccccc5c4)cc3c2C12CC2. The first-order chi connectivity index (χ1) is 12.7. The van der Waals surface area contributed by atoms with Gasteiger partial charge in [0, 0.05) is 28.1 Å². The minimum atomic E-state index is -0.323. The van der Waals surface area contributed by atoms with Crippen LogP contribution in [0.3, 0.4) is 0 Å². The lowest BCUT2D eigenvalue weighted by Gasteiger charge is -2.11. The zero-order chi connectivity index (χ0) is 17.3. The standard InChI is InChI=1S/C22H15N3O/c26-21-22(7-8-22)20-16-10-13(5-6-18(16)24-12-19(20)25-21)15-9-14-3-1-2-4-17(14)23-11-15/h1-6,9-12H,7-8H2,(H,25,26). The zero-order valence-corrected chi connectivity index (χ0v) is 14.0. The summed E-state index contributed by atoms with van der Waals surface area (Å²) in [6.45, 7) is 0. The molecule has 1 aliphatic carbocycles. The molecule has 0 unspecified atom stereocenters. The van der Waals surface area contributed by atoms with Crippen molar-refractivity contribution in [3.8, 4) is 11.1 Å². The van der Waals surface area contributed by atoms with Crippen molar-refractivity contribution >= 4 is 33.4 Å². The van der Waals surface area contributed by atoms with Gasteiger partial charge in [0.25, 0.3) is 0 Å². The summed E-state index contributed by atoms with van der Waals surface area (Å²) in [6.07, 6.45) is 5.55. The number of carbonyl (C=O) groups is 1. The van der Waals surface area contributed by atoms with E-state index < -0.39 is 0 Å². The number of amides is 1. The molecule has 3 heterocycles. The topological polar surface area (TPSA) is 54.9 Å². The molecule has 6 rings (SSSR count). The Hall–Kier alpha value is -3.27. The molecule has 4 aromatic rings. The van der Waals surface area contributed by atoms with E-state index in [4.69, 9.17) is 0 Å². The highest BCUT2D eigenvalue weighted by atomic mass is 16.2. The highest BCUT2D eigenvalue weighted by Crippen LogP contribution is 2.57. The molecule has 1 amide bonds. The van der Waals surface area contributed by atoms with Crippen LogP contribution in [0.2, 0.25) is 0 Å². The first kappa shape index (κ1) is 14.0. The first-order valence-electron chi connectivity index (χ1n) is 8.84. The Morgan fingerprint density at radius 3 is 2.62 bits per heavy atom. The number of pyridine rings is 2. The van der Waals surface area contributed by atoms with E-state index >= 15 is 0 Å². The van der Waals surface area contributed by atoms with Gasteiger partial charge < -0.3 is 5.32 Å². The van der Waals surface area contributed by atoms with Crippen molar-refractivity contribution in [2.45, 2.75) is 18.3 Å². The summed E-state index contributed by atoms with van der Waals surface area (Å²) in [4.78, 5) is 21.5. The number of fused-ring (bicyclic) bond motifs is 5. The third kappa shape index (κ3) is 1.76. The minimum absolute atomic E-state index is 0.125. The summed E-state index contributed by atoms with van der Waals surface area (Å²) in [5.74, 6) is 0.125.